The molecule has 1 N–H and O–H groups in total. The van der Waals surface area contributed by atoms with E-state index < -0.39 is 0 Å². The average Bonchev–Trinajstić information content (AvgIpc) is 2.38. The van der Waals surface area contributed by atoms with Crippen molar-refractivity contribution in [2.75, 3.05) is 38.7 Å². The van der Waals surface area contributed by atoms with E-state index in [-0.39, 0.29) is 0 Å². The highest BCUT2D eigenvalue weighted by Crippen LogP contribution is 2.30. The van der Waals surface area contributed by atoms with Crippen molar-refractivity contribution < 1.29 is 4.74 Å². The molecule has 18 heavy (non-hydrogen) atoms. The maximum Gasteiger partial charge on any atom is 0.122 e. The number of methoxy groups -OCH3 is 1. The van der Waals surface area contributed by atoms with Crippen LogP contribution in [-0.2, 0) is 0 Å². The highest BCUT2D eigenvalue weighted by atomic mass is 16.5. The van der Waals surface area contributed by atoms with Crippen LogP contribution in [-0.4, -0.2) is 33.8 Å². The second kappa shape index (κ2) is 7.27. The standard InChI is InChI=1S/C15H26N2O/c1-6-16-9-10-17(4)13-7-8-15(18-5)14(11-13)12(2)3/h7-8,11-12,16H,6,9-10H2,1-5H3. The van der Waals surface area contributed by atoms with Gasteiger partial charge in [0, 0.05) is 25.8 Å². The minimum atomic E-state index is 0.474. The molecule has 0 heterocycles. The van der Waals surface area contributed by atoms with Gasteiger partial charge in [-0.1, -0.05) is 20.8 Å². The van der Waals surface area contributed by atoms with Crippen molar-refractivity contribution in [2.45, 2.75) is 26.7 Å². The van der Waals surface area contributed by atoms with Gasteiger partial charge in [-0.2, -0.15) is 0 Å². The van der Waals surface area contributed by atoms with Gasteiger partial charge in [0.2, 0.25) is 0 Å². The first-order valence-corrected chi connectivity index (χ1v) is 6.70. The van der Waals surface area contributed by atoms with Crippen LogP contribution in [0, 0.1) is 0 Å². The number of nitrogens with one attached hydrogen (secondary N) is 1. The SMILES string of the molecule is CCNCCN(C)c1ccc(OC)c(C(C)C)c1. The molecule has 0 aromatic heterocycles. The lowest BCUT2D eigenvalue weighted by atomic mass is 10.0. The van der Waals surface area contributed by atoms with Crippen LogP contribution in [0.15, 0.2) is 18.2 Å². The van der Waals surface area contributed by atoms with Crippen molar-refractivity contribution in [2.24, 2.45) is 0 Å². The molecule has 0 aliphatic heterocycles. The van der Waals surface area contributed by atoms with Crippen LogP contribution in [0.3, 0.4) is 0 Å². The lowest BCUT2D eigenvalue weighted by Crippen LogP contribution is -2.29. The quantitative estimate of drug-likeness (QED) is 0.753. The van der Waals surface area contributed by atoms with Gasteiger partial charge in [-0.05, 0) is 36.2 Å². The zero-order valence-corrected chi connectivity index (χ0v) is 12.3. The largest absolute Gasteiger partial charge is 0.496 e. The van der Waals surface area contributed by atoms with Gasteiger partial charge in [0.15, 0.2) is 0 Å². The summed E-state index contributed by atoms with van der Waals surface area (Å²) < 4.78 is 5.41. The molecule has 0 aliphatic carbocycles. The smallest absolute Gasteiger partial charge is 0.122 e. The van der Waals surface area contributed by atoms with E-state index in [0.717, 1.165) is 25.4 Å². The highest BCUT2D eigenvalue weighted by Gasteiger charge is 2.10. The molecule has 1 aromatic rings. The Kier molecular flexibility index (Phi) is 5.99. The summed E-state index contributed by atoms with van der Waals surface area (Å²) in [6.07, 6.45) is 0. The molecule has 3 nitrogen and oxygen atoms in total. The monoisotopic (exact) mass is 250 g/mol. The van der Waals surface area contributed by atoms with Gasteiger partial charge < -0.3 is 15.0 Å². The second-order valence-electron chi connectivity index (χ2n) is 4.86. The van der Waals surface area contributed by atoms with Crippen LogP contribution in [0.25, 0.3) is 0 Å². The summed E-state index contributed by atoms with van der Waals surface area (Å²) in [5.74, 6) is 1.45. The molecule has 0 bridgehead atoms. The van der Waals surface area contributed by atoms with Crippen molar-refractivity contribution >= 4 is 5.69 Å². The fourth-order valence-corrected chi connectivity index (χ4v) is 1.96. The molecule has 0 amide bonds. The first-order chi connectivity index (χ1) is 8.60. The predicted octanol–water partition coefficient (Wildman–Crippen LogP) is 2.86. The predicted molar refractivity (Wildman–Crippen MR) is 78.9 cm³/mol. The molecule has 0 fully saturated rings. The Morgan fingerprint density at radius 2 is 2.06 bits per heavy atom. The lowest BCUT2D eigenvalue weighted by molar-refractivity contribution is 0.407. The summed E-state index contributed by atoms with van der Waals surface area (Å²) in [6.45, 7) is 9.56. The molecular formula is C15H26N2O. The maximum atomic E-state index is 5.41. The summed E-state index contributed by atoms with van der Waals surface area (Å²) in [5, 5.41) is 3.34. The van der Waals surface area contributed by atoms with Crippen LogP contribution in [0.2, 0.25) is 0 Å². The average molecular weight is 250 g/mol. The molecule has 0 radical (unpaired) electrons. The number of nitrogens with zero attached hydrogens (tertiary/aromatic N) is 1. The minimum Gasteiger partial charge on any atom is -0.496 e. The molecule has 0 spiro atoms. The van der Waals surface area contributed by atoms with E-state index in [1.807, 2.05) is 0 Å². The molecule has 0 saturated carbocycles. The zero-order chi connectivity index (χ0) is 13.5. The van der Waals surface area contributed by atoms with Gasteiger partial charge in [0.1, 0.15) is 5.75 Å². The topological polar surface area (TPSA) is 24.5 Å². The Hall–Kier alpha value is -1.22. The number of likely N-dealkylation sites (N-methyl/N-ethyl adjacent to an activating group) is 2. The number of benzene rings is 1. The molecule has 1 aromatic carbocycles. The van der Waals surface area contributed by atoms with Gasteiger partial charge in [-0.25, -0.2) is 0 Å². The van der Waals surface area contributed by atoms with E-state index >= 15 is 0 Å². The molecule has 0 unspecified atom stereocenters. The van der Waals surface area contributed by atoms with Crippen molar-refractivity contribution in [1.29, 1.82) is 0 Å². The van der Waals surface area contributed by atoms with E-state index in [4.69, 9.17) is 4.74 Å². The molecule has 0 saturated heterocycles. The van der Waals surface area contributed by atoms with Crippen LogP contribution < -0.4 is 15.0 Å². The van der Waals surface area contributed by atoms with Crippen LogP contribution in [0.5, 0.6) is 5.75 Å². The van der Waals surface area contributed by atoms with Crippen LogP contribution >= 0.6 is 0 Å². The van der Waals surface area contributed by atoms with Gasteiger partial charge in [0.25, 0.3) is 0 Å². The van der Waals surface area contributed by atoms with Gasteiger partial charge in [-0.15, -0.1) is 0 Å². The summed E-state index contributed by atoms with van der Waals surface area (Å²) in [4.78, 5) is 2.27. The van der Waals surface area contributed by atoms with E-state index in [2.05, 4.69) is 56.2 Å². The lowest BCUT2D eigenvalue weighted by Gasteiger charge is -2.22. The Labute approximate surface area is 111 Å². The first kappa shape index (κ1) is 14.8. The van der Waals surface area contributed by atoms with E-state index in [1.165, 1.54) is 11.3 Å². The summed E-state index contributed by atoms with van der Waals surface area (Å²) in [5.41, 5.74) is 2.52. The summed E-state index contributed by atoms with van der Waals surface area (Å²) >= 11 is 0. The van der Waals surface area contributed by atoms with Crippen LogP contribution in [0.1, 0.15) is 32.3 Å². The van der Waals surface area contributed by atoms with Gasteiger partial charge in [0.05, 0.1) is 7.11 Å². The van der Waals surface area contributed by atoms with Crippen molar-refractivity contribution in [1.82, 2.24) is 5.32 Å². The highest BCUT2D eigenvalue weighted by molar-refractivity contribution is 5.53. The normalized spacial score (nSPS) is 10.8. The molecule has 1 rings (SSSR count). The van der Waals surface area contributed by atoms with E-state index in [1.54, 1.807) is 7.11 Å². The molecule has 0 aliphatic rings. The number of rotatable bonds is 7. The number of hydrogen-bond acceptors (Lipinski definition) is 3. The zero-order valence-electron chi connectivity index (χ0n) is 12.3. The second-order valence-corrected chi connectivity index (χ2v) is 4.86. The van der Waals surface area contributed by atoms with Gasteiger partial charge >= 0.3 is 0 Å². The van der Waals surface area contributed by atoms with Crippen molar-refractivity contribution in [3.63, 3.8) is 0 Å². The molecule has 3 heteroatoms. The molecule has 0 atom stereocenters. The minimum absolute atomic E-state index is 0.474. The van der Waals surface area contributed by atoms with E-state index in [0.29, 0.717) is 5.92 Å². The molecular weight excluding hydrogens is 224 g/mol. The molecule has 102 valence electrons. The number of ether oxygens (including phenoxy) is 1. The summed E-state index contributed by atoms with van der Waals surface area (Å²) in [7, 11) is 3.86. The van der Waals surface area contributed by atoms with Gasteiger partial charge in [-0.3, -0.25) is 0 Å². The van der Waals surface area contributed by atoms with Crippen molar-refractivity contribution in [3.05, 3.63) is 23.8 Å². The third-order valence-corrected chi connectivity index (χ3v) is 3.15. The fourth-order valence-electron chi connectivity index (χ4n) is 1.96. The number of hydrogen-bond donors (Lipinski definition) is 1. The Morgan fingerprint density at radius 3 is 2.61 bits per heavy atom. The Bertz CT molecular complexity index is 364. The number of anilines is 1. The van der Waals surface area contributed by atoms with E-state index in [9.17, 15) is 0 Å². The third-order valence-electron chi connectivity index (χ3n) is 3.15. The third kappa shape index (κ3) is 3.91. The Balaban J connectivity index is 2.80. The summed E-state index contributed by atoms with van der Waals surface area (Å²) in [6, 6.07) is 6.42. The maximum absolute atomic E-state index is 5.41. The first-order valence-electron chi connectivity index (χ1n) is 6.70. The Morgan fingerprint density at radius 1 is 1.33 bits per heavy atom. The fraction of sp³-hybridized carbons (Fsp3) is 0.600. The van der Waals surface area contributed by atoms with Crippen LogP contribution in [0.4, 0.5) is 5.69 Å². The van der Waals surface area contributed by atoms with Crippen molar-refractivity contribution in [3.8, 4) is 5.75 Å².